The molecule has 0 saturated heterocycles. The Bertz CT molecular complexity index is 469. The van der Waals surface area contributed by atoms with Crippen LogP contribution < -0.4 is 0 Å². The molecule has 0 spiro atoms. The van der Waals surface area contributed by atoms with Gasteiger partial charge in [0.15, 0.2) is 11.5 Å². The van der Waals surface area contributed by atoms with Gasteiger partial charge in [-0.3, -0.25) is 0 Å². The summed E-state index contributed by atoms with van der Waals surface area (Å²) in [5.41, 5.74) is 0.744. The molecule has 72 valence electrons. The van der Waals surface area contributed by atoms with Gasteiger partial charge in [0, 0.05) is 6.07 Å². The van der Waals surface area contributed by atoms with E-state index in [2.05, 4.69) is 5.16 Å². The van der Waals surface area contributed by atoms with Crippen molar-refractivity contribution in [3.05, 3.63) is 29.7 Å². The summed E-state index contributed by atoms with van der Waals surface area (Å²) in [6, 6.07) is 3.09. The number of aromatic nitrogens is 1. The standard InChI is InChI=1S/C9H7NO4/c1-5-2-3-13-8(5)7-4-6(9(11)12)10-14-7/h2-4H,1H3,(H,11,12). The maximum atomic E-state index is 10.5. The van der Waals surface area contributed by atoms with E-state index in [1.807, 2.05) is 6.92 Å². The van der Waals surface area contributed by atoms with Gasteiger partial charge in [-0.15, -0.1) is 0 Å². The highest BCUT2D eigenvalue weighted by Crippen LogP contribution is 2.24. The lowest BCUT2D eigenvalue weighted by Gasteiger charge is -1.88. The van der Waals surface area contributed by atoms with Crippen molar-refractivity contribution >= 4 is 5.97 Å². The van der Waals surface area contributed by atoms with E-state index in [1.54, 1.807) is 6.07 Å². The molecule has 0 fully saturated rings. The number of hydrogen-bond acceptors (Lipinski definition) is 4. The molecular formula is C9H7NO4. The van der Waals surface area contributed by atoms with Gasteiger partial charge >= 0.3 is 5.97 Å². The van der Waals surface area contributed by atoms with Gasteiger partial charge < -0.3 is 14.0 Å². The van der Waals surface area contributed by atoms with Gasteiger partial charge in [-0.1, -0.05) is 5.16 Å². The van der Waals surface area contributed by atoms with E-state index < -0.39 is 5.97 Å². The molecule has 0 amide bonds. The Hall–Kier alpha value is -2.04. The lowest BCUT2D eigenvalue weighted by atomic mass is 10.2. The average Bonchev–Trinajstić information content (AvgIpc) is 2.71. The molecule has 0 aliphatic heterocycles. The highest BCUT2D eigenvalue weighted by atomic mass is 16.5. The molecule has 14 heavy (non-hydrogen) atoms. The molecule has 0 aliphatic carbocycles. The van der Waals surface area contributed by atoms with Crippen LogP contribution in [0.1, 0.15) is 16.1 Å². The van der Waals surface area contributed by atoms with Crippen molar-refractivity contribution in [2.75, 3.05) is 0 Å². The monoisotopic (exact) mass is 193 g/mol. The van der Waals surface area contributed by atoms with Crippen molar-refractivity contribution in [2.24, 2.45) is 0 Å². The number of hydrogen-bond donors (Lipinski definition) is 1. The van der Waals surface area contributed by atoms with E-state index in [0.29, 0.717) is 11.5 Å². The predicted octanol–water partition coefficient (Wildman–Crippen LogP) is 1.94. The molecule has 1 N–H and O–H groups in total. The second kappa shape index (κ2) is 3.02. The predicted molar refractivity (Wildman–Crippen MR) is 45.9 cm³/mol. The van der Waals surface area contributed by atoms with Gasteiger partial charge in [-0.2, -0.15) is 0 Å². The number of aromatic carboxylic acids is 1. The second-order valence-electron chi connectivity index (χ2n) is 2.81. The molecule has 0 saturated carbocycles. The van der Waals surface area contributed by atoms with Gasteiger partial charge in [0.2, 0.25) is 5.76 Å². The molecule has 0 bridgehead atoms. The van der Waals surface area contributed by atoms with Crippen LogP contribution in [0.25, 0.3) is 11.5 Å². The van der Waals surface area contributed by atoms with Gasteiger partial charge in [0.1, 0.15) is 0 Å². The van der Waals surface area contributed by atoms with Gasteiger partial charge in [-0.25, -0.2) is 4.79 Å². The molecular weight excluding hydrogens is 186 g/mol. The van der Waals surface area contributed by atoms with Crippen LogP contribution in [-0.2, 0) is 0 Å². The third kappa shape index (κ3) is 1.28. The van der Waals surface area contributed by atoms with E-state index in [-0.39, 0.29) is 5.69 Å². The van der Waals surface area contributed by atoms with Crippen LogP contribution in [-0.4, -0.2) is 16.2 Å². The second-order valence-corrected chi connectivity index (χ2v) is 2.81. The summed E-state index contributed by atoms with van der Waals surface area (Å²) < 4.78 is 9.94. The van der Waals surface area contributed by atoms with Crippen molar-refractivity contribution in [2.45, 2.75) is 6.92 Å². The van der Waals surface area contributed by atoms with E-state index in [4.69, 9.17) is 14.0 Å². The molecule has 2 rings (SSSR count). The van der Waals surface area contributed by atoms with Gasteiger partial charge in [0.05, 0.1) is 6.26 Å². The minimum absolute atomic E-state index is 0.129. The molecule has 0 aromatic carbocycles. The third-order valence-corrected chi connectivity index (χ3v) is 1.82. The summed E-state index contributed by atoms with van der Waals surface area (Å²) in [6.45, 7) is 1.84. The van der Waals surface area contributed by atoms with Crippen LogP contribution in [0.4, 0.5) is 0 Å². The first-order chi connectivity index (χ1) is 6.68. The van der Waals surface area contributed by atoms with E-state index in [0.717, 1.165) is 5.56 Å². The zero-order valence-electron chi connectivity index (χ0n) is 7.35. The maximum Gasteiger partial charge on any atom is 0.358 e. The van der Waals surface area contributed by atoms with Crippen LogP contribution in [0.5, 0.6) is 0 Å². The summed E-state index contributed by atoms with van der Waals surface area (Å²) in [4.78, 5) is 10.5. The number of nitrogens with zero attached hydrogens (tertiary/aromatic N) is 1. The first-order valence-corrected chi connectivity index (χ1v) is 3.93. The van der Waals surface area contributed by atoms with Crippen molar-refractivity contribution in [3.63, 3.8) is 0 Å². The maximum absolute atomic E-state index is 10.5. The van der Waals surface area contributed by atoms with Crippen molar-refractivity contribution < 1.29 is 18.8 Å². The van der Waals surface area contributed by atoms with Crippen LogP contribution in [0.3, 0.4) is 0 Å². The number of carbonyl (C=O) groups is 1. The first kappa shape index (κ1) is 8.55. The van der Waals surface area contributed by atoms with Crippen LogP contribution in [0.2, 0.25) is 0 Å². The Balaban J connectivity index is 2.43. The highest BCUT2D eigenvalue weighted by molar-refractivity contribution is 5.86. The van der Waals surface area contributed by atoms with E-state index in [9.17, 15) is 4.79 Å². The third-order valence-electron chi connectivity index (χ3n) is 1.82. The molecule has 5 heteroatoms. The summed E-state index contributed by atoms with van der Waals surface area (Å²) in [5.74, 6) is -0.292. The summed E-state index contributed by atoms with van der Waals surface area (Å²) in [7, 11) is 0. The van der Waals surface area contributed by atoms with Crippen molar-refractivity contribution in [1.29, 1.82) is 0 Å². The Morgan fingerprint density at radius 2 is 2.36 bits per heavy atom. The molecule has 2 aromatic heterocycles. The Kier molecular flexibility index (Phi) is 1.85. The SMILES string of the molecule is Cc1ccoc1-c1cc(C(=O)O)no1. The first-order valence-electron chi connectivity index (χ1n) is 3.93. The molecule has 0 unspecified atom stereocenters. The van der Waals surface area contributed by atoms with Gasteiger partial charge in [0.25, 0.3) is 0 Å². The minimum Gasteiger partial charge on any atom is -0.476 e. The summed E-state index contributed by atoms with van der Waals surface area (Å²) >= 11 is 0. The van der Waals surface area contributed by atoms with E-state index >= 15 is 0 Å². The van der Waals surface area contributed by atoms with Crippen molar-refractivity contribution in [3.8, 4) is 11.5 Å². The molecule has 0 aliphatic rings. The topological polar surface area (TPSA) is 76.5 Å². The Labute approximate surface area is 78.9 Å². The normalized spacial score (nSPS) is 10.4. The smallest absolute Gasteiger partial charge is 0.358 e. The average molecular weight is 193 g/mol. The zero-order chi connectivity index (χ0) is 10.1. The van der Waals surface area contributed by atoms with Crippen LogP contribution in [0, 0.1) is 6.92 Å². The number of carboxylic acid groups (broad SMARTS) is 1. The summed E-state index contributed by atoms with van der Waals surface area (Å²) in [6.07, 6.45) is 1.51. The molecule has 0 radical (unpaired) electrons. The van der Waals surface area contributed by atoms with Crippen LogP contribution >= 0.6 is 0 Å². The lowest BCUT2D eigenvalue weighted by molar-refractivity contribution is 0.0686. The molecule has 5 nitrogen and oxygen atoms in total. The van der Waals surface area contributed by atoms with Gasteiger partial charge in [-0.05, 0) is 18.6 Å². The Morgan fingerprint density at radius 1 is 1.57 bits per heavy atom. The number of carboxylic acids is 1. The van der Waals surface area contributed by atoms with Crippen molar-refractivity contribution in [1.82, 2.24) is 5.16 Å². The highest BCUT2D eigenvalue weighted by Gasteiger charge is 2.15. The number of furan rings is 1. The molecule has 2 heterocycles. The number of rotatable bonds is 2. The lowest BCUT2D eigenvalue weighted by Crippen LogP contribution is -1.94. The largest absolute Gasteiger partial charge is 0.476 e. The molecule has 2 aromatic rings. The quantitative estimate of drug-likeness (QED) is 0.788. The Morgan fingerprint density at radius 3 is 2.86 bits per heavy atom. The minimum atomic E-state index is -1.12. The van der Waals surface area contributed by atoms with E-state index in [1.165, 1.54) is 12.3 Å². The fourth-order valence-electron chi connectivity index (χ4n) is 1.11. The zero-order valence-corrected chi connectivity index (χ0v) is 7.35. The van der Waals surface area contributed by atoms with Crippen LogP contribution in [0.15, 0.2) is 27.3 Å². The fourth-order valence-corrected chi connectivity index (χ4v) is 1.11. The molecule has 0 atom stereocenters. The fraction of sp³-hybridized carbons (Fsp3) is 0.111. The number of aryl methyl sites for hydroxylation is 1. The summed E-state index contributed by atoms with van der Waals surface area (Å²) in [5, 5.41) is 12.0.